The van der Waals surface area contributed by atoms with E-state index in [0.717, 1.165) is 33.9 Å². The first kappa shape index (κ1) is 24.1. The molecule has 0 aliphatic carbocycles. The summed E-state index contributed by atoms with van der Waals surface area (Å²) in [4.78, 5) is 9.61. The molecule has 0 atom stereocenters. The molecule has 5 aromatic rings. The molecule has 0 saturated heterocycles. The predicted octanol–water partition coefficient (Wildman–Crippen LogP) is 7.23. The molecule has 5 heteroatoms. The molecular formula is C29H29IrN4-. The smallest absolute Gasteiger partial charge is 0.100 e. The monoisotopic (exact) mass is 626 g/mol. The summed E-state index contributed by atoms with van der Waals surface area (Å²) < 4.78 is 4.40. The molecule has 0 aliphatic heterocycles. The quantitative estimate of drug-likeness (QED) is 0.193. The molecule has 34 heavy (non-hydrogen) atoms. The number of imidazole rings is 2. The minimum atomic E-state index is 0. The van der Waals surface area contributed by atoms with Gasteiger partial charge in [-0.25, -0.2) is 0 Å². The van der Waals surface area contributed by atoms with Gasteiger partial charge in [-0.2, -0.15) is 0 Å². The van der Waals surface area contributed by atoms with Crippen LogP contribution >= 0.6 is 0 Å². The first-order chi connectivity index (χ1) is 16.0. The van der Waals surface area contributed by atoms with E-state index < -0.39 is 0 Å². The van der Waals surface area contributed by atoms with Gasteiger partial charge in [0.2, 0.25) is 0 Å². The number of aryl methyl sites for hydroxylation is 1. The topological polar surface area (TPSA) is 35.6 Å². The zero-order valence-electron chi connectivity index (χ0n) is 20.2. The number of nitrogens with zero attached hydrogens (tertiary/aromatic N) is 4. The van der Waals surface area contributed by atoms with Crippen LogP contribution < -0.4 is 0 Å². The van der Waals surface area contributed by atoms with Gasteiger partial charge in [0.15, 0.2) is 0 Å². The first-order valence-electron chi connectivity index (χ1n) is 11.6. The summed E-state index contributed by atoms with van der Waals surface area (Å²) in [7, 11) is 0. The van der Waals surface area contributed by atoms with E-state index in [1.165, 1.54) is 16.8 Å². The van der Waals surface area contributed by atoms with Crippen molar-refractivity contribution < 1.29 is 20.1 Å². The Morgan fingerprint density at radius 3 is 2.21 bits per heavy atom. The fraction of sp³-hybridized carbons (Fsp3) is 0.241. The summed E-state index contributed by atoms with van der Waals surface area (Å²) in [6.45, 7) is 11.0. The molecule has 2 aromatic heterocycles. The zero-order valence-corrected chi connectivity index (χ0v) is 22.6. The van der Waals surface area contributed by atoms with Gasteiger partial charge in [0.05, 0.1) is 5.82 Å². The molecule has 1 radical (unpaired) electrons. The molecular weight excluding hydrogens is 597 g/mol. The van der Waals surface area contributed by atoms with Crippen LogP contribution in [0.25, 0.3) is 33.8 Å². The van der Waals surface area contributed by atoms with Crippen LogP contribution in [0, 0.1) is 13.0 Å². The molecule has 5 rings (SSSR count). The molecule has 0 amide bonds. The van der Waals surface area contributed by atoms with Gasteiger partial charge in [0, 0.05) is 49.4 Å². The van der Waals surface area contributed by atoms with Gasteiger partial charge in [-0.05, 0) is 47.5 Å². The Balaban J connectivity index is 0.00000274. The summed E-state index contributed by atoms with van der Waals surface area (Å²) >= 11 is 0. The third-order valence-electron chi connectivity index (χ3n) is 6.23. The molecule has 0 fully saturated rings. The maximum atomic E-state index is 4.86. The van der Waals surface area contributed by atoms with E-state index in [1.807, 2.05) is 37.4 Å². The van der Waals surface area contributed by atoms with Crippen molar-refractivity contribution >= 4 is 11.0 Å². The number of hydrogen-bond acceptors (Lipinski definition) is 2. The van der Waals surface area contributed by atoms with E-state index in [-0.39, 0.29) is 20.1 Å². The first-order valence-corrected chi connectivity index (χ1v) is 11.6. The van der Waals surface area contributed by atoms with Crippen molar-refractivity contribution in [1.82, 2.24) is 19.1 Å². The van der Waals surface area contributed by atoms with Gasteiger partial charge in [-0.15, -0.1) is 23.8 Å². The van der Waals surface area contributed by atoms with Crippen molar-refractivity contribution in [3.8, 4) is 22.8 Å². The Bertz CT molecular complexity index is 1400. The third kappa shape index (κ3) is 4.15. The minimum absolute atomic E-state index is 0. The van der Waals surface area contributed by atoms with Gasteiger partial charge in [0.25, 0.3) is 0 Å². The Morgan fingerprint density at radius 2 is 1.56 bits per heavy atom. The summed E-state index contributed by atoms with van der Waals surface area (Å²) in [5.41, 5.74) is 7.92. The van der Waals surface area contributed by atoms with Crippen molar-refractivity contribution in [2.45, 2.75) is 46.5 Å². The molecule has 2 heterocycles. The van der Waals surface area contributed by atoms with Crippen LogP contribution in [0.3, 0.4) is 0 Å². The van der Waals surface area contributed by atoms with Crippen LogP contribution in [-0.2, 0) is 20.1 Å². The van der Waals surface area contributed by atoms with Crippen molar-refractivity contribution in [3.05, 3.63) is 96.1 Å². The van der Waals surface area contributed by atoms with Gasteiger partial charge in [-0.1, -0.05) is 64.1 Å². The van der Waals surface area contributed by atoms with Crippen LogP contribution in [0.1, 0.15) is 56.5 Å². The SMILES string of the molecule is Cc1nc2cc(-c3nccn3-c3c(C(C)C)cccc3C(C)C)[c-]cc2n1-c1ccccc1.[Ir]. The van der Waals surface area contributed by atoms with Crippen LogP contribution in [0.15, 0.2) is 73.1 Å². The summed E-state index contributed by atoms with van der Waals surface area (Å²) in [5, 5.41) is 0. The maximum absolute atomic E-state index is 4.86. The predicted molar refractivity (Wildman–Crippen MR) is 135 cm³/mol. The normalized spacial score (nSPS) is 11.4. The van der Waals surface area contributed by atoms with Gasteiger partial charge in [0.1, 0.15) is 5.82 Å². The van der Waals surface area contributed by atoms with E-state index in [2.05, 4.69) is 85.5 Å². The van der Waals surface area contributed by atoms with Gasteiger partial charge < -0.3 is 9.13 Å². The number of para-hydroxylation sites is 2. The molecule has 3 aromatic carbocycles. The molecule has 4 nitrogen and oxygen atoms in total. The van der Waals surface area contributed by atoms with Crippen LogP contribution in [0.4, 0.5) is 0 Å². The van der Waals surface area contributed by atoms with Crippen LogP contribution in [-0.4, -0.2) is 19.1 Å². The molecule has 0 saturated carbocycles. The van der Waals surface area contributed by atoms with Crippen molar-refractivity contribution in [1.29, 1.82) is 0 Å². The average Bonchev–Trinajstić information content (AvgIpc) is 3.42. The second-order valence-corrected chi connectivity index (χ2v) is 9.16. The van der Waals surface area contributed by atoms with E-state index in [0.29, 0.717) is 11.8 Å². The molecule has 0 N–H and O–H groups in total. The van der Waals surface area contributed by atoms with Crippen LogP contribution in [0.5, 0.6) is 0 Å². The van der Waals surface area contributed by atoms with Gasteiger partial charge in [-0.3, -0.25) is 9.97 Å². The molecule has 0 unspecified atom stereocenters. The van der Waals surface area contributed by atoms with Crippen molar-refractivity contribution in [2.24, 2.45) is 0 Å². The van der Waals surface area contributed by atoms with E-state index >= 15 is 0 Å². The van der Waals surface area contributed by atoms with Gasteiger partial charge >= 0.3 is 0 Å². The maximum Gasteiger partial charge on any atom is 0.100 e. The van der Waals surface area contributed by atoms with Crippen molar-refractivity contribution in [3.63, 3.8) is 0 Å². The summed E-state index contributed by atoms with van der Waals surface area (Å²) in [6.07, 6.45) is 3.94. The number of rotatable bonds is 5. The number of fused-ring (bicyclic) bond motifs is 1. The largest absolute Gasteiger partial charge is 0.340 e. The Morgan fingerprint density at radius 1 is 0.882 bits per heavy atom. The summed E-state index contributed by atoms with van der Waals surface area (Å²) in [5.74, 6) is 2.66. The van der Waals surface area contributed by atoms with Crippen molar-refractivity contribution in [2.75, 3.05) is 0 Å². The second kappa shape index (κ2) is 9.69. The average molecular weight is 626 g/mol. The van der Waals surface area contributed by atoms with Crippen LogP contribution in [0.2, 0.25) is 0 Å². The minimum Gasteiger partial charge on any atom is -0.340 e. The standard InChI is InChI=1S/C29H29N4.Ir/c1-19(2)24-12-9-13-25(20(3)4)28(24)32-17-16-30-29(32)22-14-15-27-26(18-22)31-21(5)33(27)23-10-7-6-8-11-23;/h6-13,15-20H,1-5H3;/q-1;. The third-order valence-corrected chi connectivity index (χ3v) is 6.23. The van der Waals surface area contributed by atoms with E-state index in [4.69, 9.17) is 9.97 Å². The number of benzene rings is 3. The van der Waals surface area contributed by atoms with E-state index in [1.54, 1.807) is 0 Å². The second-order valence-electron chi connectivity index (χ2n) is 9.16. The molecule has 0 bridgehead atoms. The Kier molecular flexibility index (Phi) is 6.88. The molecule has 0 aliphatic rings. The number of hydrogen-bond donors (Lipinski definition) is 0. The Labute approximate surface area is 215 Å². The Hall–Kier alpha value is -3.01. The molecule has 175 valence electrons. The zero-order chi connectivity index (χ0) is 23.1. The fourth-order valence-electron chi connectivity index (χ4n) is 4.64. The number of aromatic nitrogens is 4. The fourth-order valence-corrected chi connectivity index (χ4v) is 4.64. The van der Waals surface area contributed by atoms with E-state index in [9.17, 15) is 0 Å². The molecule has 0 spiro atoms. The summed E-state index contributed by atoms with van der Waals surface area (Å²) in [6, 6.07) is 24.6.